The highest BCUT2D eigenvalue weighted by molar-refractivity contribution is 5.98. The Morgan fingerprint density at radius 3 is 2.76 bits per heavy atom. The standard InChI is InChI=1S/C26H31N5O3/c1-4-25(32)27-21-9-7-8-20(15-21)18(2)31-17-24(29-26(31)33)28-22-11-10-19(14-23(22)34-3)16-30-12-5-6-13-30/h4,7-11,14-15,17-18,28H,1,5-6,12-13,16H2,2-3H3,(H,27,32)(H,29,33)/t18-/m0/s1. The van der Waals surface area contributed by atoms with Gasteiger partial charge in [-0.3, -0.25) is 19.2 Å². The number of methoxy groups -OCH3 is 1. The Labute approximate surface area is 199 Å². The summed E-state index contributed by atoms with van der Waals surface area (Å²) >= 11 is 0. The molecule has 1 aliphatic rings. The number of carbonyl (C=O) groups excluding carboxylic acids is 1. The highest BCUT2D eigenvalue weighted by Crippen LogP contribution is 2.29. The molecule has 1 aliphatic heterocycles. The van der Waals surface area contributed by atoms with Crippen molar-refractivity contribution in [1.82, 2.24) is 14.5 Å². The van der Waals surface area contributed by atoms with Gasteiger partial charge in [-0.25, -0.2) is 4.79 Å². The van der Waals surface area contributed by atoms with Crippen LogP contribution in [-0.4, -0.2) is 40.6 Å². The molecule has 3 aromatic rings. The van der Waals surface area contributed by atoms with Gasteiger partial charge in [-0.05, 0) is 74.3 Å². The molecule has 1 atom stereocenters. The van der Waals surface area contributed by atoms with Crippen molar-refractivity contribution in [3.8, 4) is 5.75 Å². The van der Waals surface area contributed by atoms with E-state index in [1.165, 1.54) is 24.5 Å². The monoisotopic (exact) mass is 461 g/mol. The Balaban J connectivity index is 1.51. The Morgan fingerprint density at radius 2 is 2.03 bits per heavy atom. The van der Waals surface area contributed by atoms with Crippen LogP contribution in [0.25, 0.3) is 0 Å². The first-order valence-corrected chi connectivity index (χ1v) is 11.5. The molecule has 1 fully saturated rings. The zero-order chi connectivity index (χ0) is 24.1. The molecule has 0 unspecified atom stereocenters. The number of aromatic nitrogens is 2. The average Bonchev–Trinajstić information content (AvgIpc) is 3.48. The van der Waals surface area contributed by atoms with Crippen LogP contribution in [0.15, 0.2) is 66.1 Å². The van der Waals surface area contributed by atoms with E-state index < -0.39 is 0 Å². The third-order valence-electron chi connectivity index (χ3n) is 6.12. The maximum atomic E-state index is 12.7. The molecule has 1 aromatic heterocycles. The van der Waals surface area contributed by atoms with Crippen LogP contribution in [0.3, 0.4) is 0 Å². The molecule has 1 saturated heterocycles. The van der Waals surface area contributed by atoms with Crippen LogP contribution in [0.1, 0.15) is 36.9 Å². The van der Waals surface area contributed by atoms with E-state index in [0.717, 1.165) is 36.6 Å². The van der Waals surface area contributed by atoms with Crippen molar-refractivity contribution < 1.29 is 9.53 Å². The van der Waals surface area contributed by atoms with Gasteiger partial charge in [0.1, 0.15) is 11.6 Å². The van der Waals surface area contributed by atoms with Crippen molar-refractivity contribution in [2.24, 2.45) is 0 Å². The molecule has 8 heteroatoms. The van der Waals surface area contributed by atoms with Gasteiger partial charge in [-0.2, -0.15) is 0 Å². The fourth-order valence-corrected chi connectivity index (χ4v) is 4.27. The number of rotatable bonds is 9. The third-order valence-corrected chi connectivity index (χ3v) is 6.12. The topological polar surface area (TPSA) is 91.4 Å². The summed E-state index contributed by atoms with van der Waals surface area (Å²) in [5.41, 5.74) is 3.28. The number of nitrogens with zero attached hydrogens (tertiary/aromatic N) is 2. The minimum Gasteiger partial charge on any atom is -0.495 e. The molecular formula is C26H31N5O3. The minimum atomic E-state index is -0.282. The number of hydrogen-bond acceptors (Lipinski definition) is 5. The number of carbonyl (C=O) groups is 1. The van der Waals surface area contributed by atoms with E-state index >= 15 is 0 Å². The third kappa shape index (κ3) is 5.40. The smallest absolute Gasteiger partial charge is 0.327 e. The number of aromatic amines is 1. The molecule has 34 heavy (non-hydrogen) atoms. The first-order valence-electron chi connectivity index (χ1n) is 11.5. The number of likely N-dealkylation sites (tertiary alicyclic amines) is 1. The predicted octanol–water partition coefficient (Wildman–Crippen LogP) is 4.26. The molecule has 4 rings (SSSR count). The summed E-state index contributed by atoms with van der Waals surface area (Å²) in [5, 5.41) is 6.02. The summed E-state index contributed by atoms with van der Waals surface area (Å²) in [4.78, 5) is 29.6. The van der Waals surface area contributed by atoms with Gasteiger partial charge >= 0.3 is 5.69 Å². The van der Waals surface area contributed by atoms with Gasteiger partial charge in [0.15, 0.2) is 0 Å². The van der Waals surface area contributed by atoms with Gasteiger partial charge in [0.05, 0.1) is 25.0 Å². The molecule has 2 aromatic carbocycles. The fraction of sp³-hybridized carbons (Fsp3) is 0.308. The Bertz CT molecular complexity index is 1220. The molecule has 3 N–H and O–H groups in total. The molecule has 1 amide bonds. The second-order valence-corrected chi connectivity index (χ2v) is 8.52. The van der Waals surface area contributed by atoms with Gasteiger partial charge < -0.3 is 15.4 Å². The summed E-state index contributed by atoms with van der Waals surface area (Å²) in [6, 6.07) is 13.3. The maximum Gasteiger partial charge on any atom is 0.327 e. The number of imidazole rings is 1. The zero-order valence-corrected chi connectivity index (χ0v) is 19.6. The molecular weight excluding hydrogens is 430 g/mol. The van der Waals surface area contributed by atoms with Crippen LogP contribution in [0.5, 0.6) is 5.75 Å². The molecule has 0 aliphatic carbocycles. The Morgan fingerprint density at radius 1 is 1.24 bits per heavy atom. The van der Waals surface area contributed by atoms with E-state index in [9.17, 15) is 9.59 Å². The van der Waals surface area contributed by atoms with Gasteiger partial charge in [0, 0.05) is 12.2 Å². The van der Waals surface area contributed by atoms with Crippen LogP contribution >= 0.6 is 0 Å². The second-order valence-electron chi connectivity index (χ2n) is 8.52. The van der Waals surface area contributed by atoms with Crippen LogP contribution in [0.4, 0.5) is 17.2 Å². The minimum absolute atomic E-state index is 0.236. The molecule has 8 nitrogen and oxygen atoms in total. The molecule has 178 valence electrons. The van der Waals surface area contributed by atoms with E-state index in [4.69, 9.17) is 4.74 Å². The summed E-state index contributed by atoms with van der Waals surface area (Å²) in [7, 11) is 1.65. The number of amides is 1. The zero-order valence-electron chi connectivity index (χ0n) is 19.6. The molecule has 0 radical (unpaired) electrons. The average molecular weight is 462 g/mol. The van der Waals surface area contributed by atoms with Crippen molar-refractivity contribution >= 4 is 23.1 Å². The number of benzene rings is 2. The normalized spacial score (nSPS) is 14.5. The van der Waals surface area contributed by atoms with Crippen molar-refractivity contribution in [1.29, 1.82) is 0 Å². The van der Waals surface area contributed by atoms with Crippen molar-refractivity contribution in [2.75, 3.05) is 30.8 Å². The SMILES string of the molecule is C=CC(=O)Nc1cccc([C@H](C)n2cc(Nc3ccc(CN4CCCC4)cc3OC)[nH]c2=O)c1. The van der Waals surface area contributed by atoms with Crippen LogP contribution in [0, 0.1) is 0 Å². The summed E-state index contributed by atoms with van der Waals surface area (Å²) in [5.74, 6) is 1.01. The lowest BCUT2D eigenvalue weighted by atomic mass is 10.1. The maximum absolute atomic E-state index is 12.7. The molecule has 0 spiro atoms. The van der Waals surface area contributed by atoms with Gasteiger partial charge in [-0.15, -0.1) is 0 Å². The Kier molecular flexibility index (Phi) is 7.18. The van der Waals surface area contributed by atoms with Crippen LogP contribution in [0.2, 0.25) is 0 Å². The lowest BCUT2D eigenvalue weighted by Gasteiger charge is -2.17. The van der Waals surface area contributed by atoms with E-state index in [0.29, 0.717) is 11.5 Å². The quantitative estimate of drug-likeness (QED) is 0.414. The van der Waals surface area contributed by atoms with E-state index in [2.05, 4.69) is 33.2 Å². The fourth-order valence-electron chi connectivity index (χ4n) is 4.27. The summed E-state index contributed by atoms with van der Waals surface area (Å²) in [6.07, 6.45) is 5.48. The first-order chi connectivity index (χ1) is 16.5. The van der Waals surface area contributed by atoms with E-state index in [1.807, 2.05) is 37.3 Å². The van der Waals surface area contributed by atoms with Gasteiger partial charge in [0.2, 0.25) is 5.91 Å². The molecule has 0 saturated carbocycles. The lowest BCUT2D eigenvalue weighted by Crippen LogP contribution is -2.20. The van der Waals surface area contributed by atoms with E-state index in [-0.39, 0.29) is 17.6 Å². The van der Waals surface area contributed by atoms with Crippen LogP contribution in [-0.2, 0) is 11.3 Å². The molecule has 2 heterocycles. The number of nitrogens with one attached hydrogen (secondary N) is 3. The second kappa shape index (κ2) is 10.4. The number of ether oxygens (including phenoxy) is 1. The number of H-pyrrole nitrogens is 1. The van der Waals surface area contributed by atoms with Crippen molar-refractivity contribution in [3.63, 3.8) is 0 Å². The summed E-state index contributed by atoms with van der Waals surface area (Å²) < 4.78 is 7.23. The van der Waals surface area contributed by atoms with Gasteiger partial charge in [-0.1, -0.05) is 24.8 Å². The van der Waals surface area contributed by atoms with E-state index in [1.54, 1.807) is 23.9 Å². The lowest BCUT2D eigenvalue weighted by molar-refractivity contribution is -0.111. The van der Waals surface area contributed by atoms with Crippen molar-refractivity contribution in [3.05, 3.63) is 82.9 Å². The summed E-state index contributed by atoms with van der Waals surface area (Å²) in [6.45, 7) is 8.59. The van der Waals surface area contributed by atoms with Crippen LogP contribution < -0.4 is 21.1 Å². The predicted molar refractivity (Wildman–Crippen MR) is 135 cm³/mol. The number of anilines is 3. The van der Waals surface area contributed by atoms with Crippen molar-refractivity contribution in [2.45, 2.75) is 32.4 Å². The highest BCUT2D eigenvalue weighted by atomic mass is 16.5. The highest BCUT2D eigenvalue weighted by Gasteiger charge is 2.16. The Hall–Kier alpha value is -3.78. The molecule has 0 bridgehead atoms. The largest absolute Gasteiger partial charge is 0.495 e. The van der Waals surface area contributed by atoms with Gasteiger partial charge in [0.25, 0.3) is 0 Å². The first kappa shape index (κ1) is 23.4. The number of hydrogen-bond donors (Lipinski definition) is 3.